The van der Waals surface area contributed by atoms with Crippen LogP contribution in [0.25, 0.3) is 0 Å². The molecule has 0 saturated carbocycles. The van der Waals surface area contributed by atoms with Crippen molar-refractivity contribution in [1.82, 2.24) is 9.97 Å². The maximum Gasteiger partial charge on any atom is 0.225 e. The average molecular weight is 286 g/mol. The zero-order valence-corrected chi connectivity index (χ0v) is 12.5. The lowest BCUT2D eigenvalue weighted by molar-refractivity contribution is 0.198. The van der Waals surface area contributed by atoms with Crippen LogP contribution in [0.15, 0.2) is 42.6 Å². The molecule has 112 valence electrons. The van der Waals surface area contributed by atoms with E-state index < -0.39 is 0 Å². The molecule has 1 aromatic carbocycles. The Morgan fingerprint density at radius 2 is 2.00 bits per heavy atom. The summed E-state index contributed by atoms with van der Waals surface area (Å²) in [6.45, 7) is 3.67. The molecule has 0 amide bonds. The van der Waals surface area contributed by atoms with Crippen molar-refractivity contribution in [3.05, 3.63) is 48.2 Å². The molecule has 0 fully saturated rings. The van der Waals surface area contributed by atoms with E-state index >= 15 is 0 Å². The summed E-state index contributed by atoms with van der Waals surface area (Å²) in [6, 6.07) is 12.3. The highest BCUT2D eigenvalue weighted by atomic mass is 16.5. The number of hydrogen-bond donors (Lipinski definition) is 2. The lowest BCUT2D eigenvalue weighted by Gasteiger charge is -2.14. The molecule has 0 aliphatic carbocycles. The molecule has 1 aromatic heterocycles. The van der Waals surface area contributed by atoms with Crippen molar-refractivity contribution in [1.29, 1.82) is 0 Å². The maximum atomic E-state index is 5.02. The summed E-state index contributed by atoms with van der Waals surface area (Å²) in [5, 5.41) is 6.57. The maximum absolute atomic E-state index is 5.02. The fourth-order valence-corrected chi connectivity index (χ4v) is 1.98. The summed E-state index contributed by atoms with van der Waals surface area (Å²) < 4.78 is 5.02. The van der Waals surface area contributed by atoms with Crippen molar-refractivity contribution in [2.45, 2.75) is 19.4 Å². The van der Waals surface area contributed by atoms with E-state index in [-0.39, 0.29) is 6.04 Å². The van der Waals surface area contributed by atoms with Gasteiger partial charge in [-0.3, -0.25) is 0 Å². The normalized spacial score (nSPS) is 11.9. The van der Waals surface area contributed by atoms with Gasteiger partial charge in [-0.05, 0) is 25.0 Å². The van der Waals surface area contributed by atoms with E-state index in [9.17, 15) is 0 Å². The second-order valence-electron chi connectivity index (χ2n) is 4.82. The minimum absolute atomic E-state index is 0.162. The summed E-state index contributed by atoms with van der Waals surface area (Å²) in [7, 11) is 1.71. The van der Waals surface area contributed by atoms with E-state index in [1.165, 1.54) is 5.56 Å². The molecule has 2 rings (SSSR count). The van der Waals surface area contributed by atoms with Gasteiger partial charge in [-0.15, -0.1) is 0 Å². The molecule has 21 heavy (non-hydrogen) atoms. The van der Waals surface area contributed by atoms with Crippen LogP contribution in [0.2, 0.25) is 0 Å². The summed E-state index contributed by atoms with van der Waals surface area (Å²) in [4.78, 5) is 8.72. The number of nitrogens with zero attached hydrogens (tertiary/aromatic N) is 2. The molecule has 1 heterocycles. The van der Waals surface area contributed by atoms with Gasteiger partial charge in [-0.2, -0.15) is 4.98 Å². The van der Waals surface area contributed by atoms with Crippen LogP contribution in [-0.4, -0.2) is 30.2 Å². The standard InChI is InChI=1S/C16H22N4O/c1-13(14-7-4-3-5-8-14)19-16-18-11-9-15(20-16)17-10-6-12-21-2/h3-5,7-9,11,13H,6,10,12H2,1-2H3,(H2,17,18,19,20). The minimum Gasteiger partial charge on any atom is -0.385 e. The lowest BCUT2D eigenvalue weighted by Crippen LogP contribution is -2.11. The number of nitrogens with one attached hydrogen (secondary N) is 2. The summed E-state index contributed by atoms with van der Waals surface area (Å²) >= 11 is 0. The highest BCUT2D eigenvalue weighted by Crippen LogP contribution is 2.16. The molecule has 2 aromatic rings. The van der Waals surface area contributed by atoms with Crippen LogP contribution in [0.5, 0.6) is 0 Å². The first-order chi connectivity index (χ1) is 10.3. The highest BCUT2D eigenvalue weighted by Gasteiger charge is 2.06. The fraction of sp³-hybridized carbons (Fsp3) is 0.375. The lowest BCUT2D eigenvalue weighted by atomic mass is 10.1. The topological polar surface area (TPSA) is 59.1 Å². The molecule has 0 aliphatic heterocycles. The van der Waals surface area contributed by atoms with Crippen molar-refractivity contribution in [3.63, 3.8) is 0 Å². The van der Waals surface area contributed by atoms with Crippen molar-refractivity contribution < 1.29 is 4.74 Å². The van der Waals surface area contributed by atoms with Crippen LogP contribution in [0, 0.1) is 0 Å². The highest BCUT2D eigenvalue weighted by molar-refractivity contribution is 5.40. The van der Waals surface area contributed by atoms with E-state index in [1.54, 1.807) is 13.3 Å². The second-order valence-corrected chi connectivity index (χ2v) is 4.82. The Morgan fingerprint density at radius 1 is 1.19 bits per heavy atom. The molecular weight excluding hydrogens is 264 g/mol. The number of rotatable bonds is 8. The number of ether oxygens (including phenoxy) is 1. The Hall–Kier alpha value is -2.14. The van der Waals surface area contributed by atoms with Crippen LogP contribution in [0.3, 0.4) is 0 Å². The number of methoxy groups -OCH3 is 1. The van der Waals surface area contributed by atoms with E-state index in [0.717, 1.165) is 25.4 Å². The number of benzene rings is 1. The van der Waals surface area contributed by atoms with Gasteiger partial charge in [0, 0.05) is 26.5 Å². The van der Waals surface area contributed by atoms with Gasteiger partial charge in [0.05, 0.1) is 6.04 Å². The van der Waals surface area contributed by atoms with Crippen molar-refractivity contribution in [3.8, 4) is 0 Å². The Labute approximate surface area is 125 Å². The zero-order chi connectivity index (χ0) is 14.9. The van der Waals surface area contributed by atoms with Crippen LogP contribution in [0.4, 0.5) is 11.8 Å². The SMILES string of the molecule is COCCCNc1ccnc(NC(C)c2ccccc2)n1. The molecular formula is C16H22N4O. The smallest absolute Gasteiger partial charge is 0.225 e. The van der Waals surface area contributed by atoms with E-state index in [1.807, 2.05) is 24.3 Å². The Bertz CT molecular complexity index is 533. The Morgan fingerprint density at radius 3 is 2.76 bits per heavy atom. The molecule has 0 spiro atoms. The zero-order valence-electron chi connectivity index (χ0n) is 12.5. The van der Waals surface area contributed by atoms with Gasteiger partial charge in [0.1, 0.15) is 5.82 Å². The van der Waals surface area contributed by atoms with Gasteiger partial charge in [0.15, 0.2) is 0 Å². The fourth-order valence-electron chi connectivity index (χ4n) is 1.98. The third-order valence-corrected chi connectivity index (χ3v) is 3.13. The molecule has 1 unspecified atom stereocenters. The predicted octanol–water partition coefficient (Wildman–Crippen LogP) is 3.10. The number of anilines is 2. The van der Waals surface area contributed by atoms with Gasteiger partial charge in [-0.25, -0.2) is 4.98 Å². The molecule has 5 heteroatoms. The Kier molecular flexibility index (Phi) is 5.97. The molecule has 0 aliphatic rings. The minimum atomic E-state index is 0.162. The quantitative estimate of drug-likeness (QED) is 0.730. The molecule has 1 atom stereocenters. The van der Waals surface area contributed by atoms with Crippen molar-refractivity contribution in [2.24, 2.45) is 0 Å². The second kappa shape index (κ2) is 8.21. The monoisotopic (exact) mass is 286 g/mol. The van der Waals surface area contributed by atoms with Gasteiger partial charge in [0.25, 0.3) is 0 Å². The average Bonchev–Trinajstić information content (AvgIpc) is 2.53. The van der Waals surface area contributed by atoms with Crippen LogP contribution >= 0.6 is 0 Å². The van der Waals surface area contributed by atoms with Gasteiger partial charge < -0.3 is 15.4 Å². The van der Waals surface area contributed by atoms with E-state index in [4.69, 9.17) is 4.74 Å². The Balaban J connectivity index is 1.91. The molecule has 5 nitrogen and oxygen atoms in total. The molecule has 0 radical (unpaired) electrons. The van der Waals surface area contributed by atoms with Gasteiger partial charge in [0.2, 0.25) is 5.95 Å². The summed E-state index contributed by atoms with van der Waals surface area (Å²) in [5.74, 6) is 1.45. The van der Waals surface area contributed by atoms with E-state index in [2.05, 4.69) is 39.7 Å². The largest absolute Gasteiger partial charge is 0.385 e. The predicted molar refractivity (Wildman–Crippen MR) is 85.5 cm³/mol. The first-order valence-corrected chi connectivity index (χ1v) is 7.17. The molecule has 0 saturated heterocycles. The summed E-state index contributed by atoms with van der Waals surface area (Å²) in [5.41, 5.74) is 1.21. The van der Waals surface area contributed by atoms with Crippen molar-refractivity contribution >= 4 is 11.8 Å². The summed E-state index contributed by atoms with van der Waals surface area (Å²) in [6.07, 6.45) is 2.70. The number of aromatic nitrogens is 2. The third-order valence-electron chi connectivity index (χ3n) is 3.13. The molecule has 2 N–H and O–H groups in total. The molecule has 0 bridgehead atoms. The number of hydrogen-bond acceptors (Lipinski definition) is 5. The van der Waals surface area contributed by atoms with Crippen LogP contribution < -0.4 is 10.6 Å². The first kappa shape index (κ1) is 15.3. The third kappa shape index (κ3) is 5.04. The van der Waals surface area contributed by atoms with Crippen LogP contribution in [0.1, 0.15) is 24.9 Å². The van der Waals surface area contributed by atoms with Crippen molar-refractivity contribution in [2.75, 3.05) is 30.9 Å². The van der Waals surface area contributed by atoms with Crippen LogP contribution in [-0.2, 0) is 4.74 Å². The van der Waals surface area contributed by atoms with Gasteiger partial charge >= 0.3 is 0 Å². The van der Waals surface area contributed by atoms with Gasteiger partial charge in [-0.1, -0.05) is 30.3 Å². The van der Waals surface area contributed by atoms with E-state index in [0.29, 0.717) is 5.95 Å². The first-order valence-electron chi connectivity index (χ1n) is 7.17.